The van der Waals surface area contributed by atoms with E-state index >= 15 is 0 Å². The van der Waals surface area contributed by atoms with Crippen LogP contribution in [-0.2, 0) is 20.6 Å². The van der Waals surface area contributed by atoms with Crippen molar-refractivity contribution in [3.8, 4) is 0 Å². The molecule has 0 unspecified atom stereocenters. The Balaban J connectivity index is 2.72. The summed E-state index contributed by atoms with van der Waals surface area (Å²) in [6.07, 6.45) is -2.89. The first-order valence-corrected chi connectivity index (χ1v) is 7.36. The van der Waals surface area contributed by atoms with Gasteiger partial charge < -0.3 is 5.11 Å². The number of hydrogen-bond acceptors (Lipinski definition) is 3. The Morgan fingerprint density at radius 1 is 1.30 bits per heavy atom. The summed E-state index contributed by atoms with van der Waals surface area (Å²) in [5.41, 5.74) is 0.196. The molecule has 20 heavy (non-hydrogen) atoms. The van der Waals surface area contributed by atoms with E-state index < -0.39 is 22.4 Å². The van der Waals surface area contributed by atoms with Gasteiger partial charge in [0.2, 0.25) is 10.0 Å². The van der Waals surface area contributed by atoms with Crippen LogP contribution in [-0.4, -0.2) is 37.4 Å². The number of nitrogens with zero attached hydrogens (tertiary/aromatic N) is 1. The zero-order chi connectivity index (χ0) is 15.3. The largest absolute Gasteiger partial charge is 0.481 e. The Hall–Kier alpha value is -1.54. The van der Waals surface area contributed by atoms with Crippen molar-refractivity contribution in [1.29, 1.82) is 0 Å². The molecule has 112 valence electrons. The number of alkyl halides is 2. The Labute approximate surface area is 115 Å². The lowest BCUT2D eigenvalue weighted by molar-refractivity contribution is -0.137. The third-order valence-electron chi connectivity index (χ3n) is 2.70. The van der Waals surface area contributed by atoms with Crippen LogP contribution in [0.15, 0.2) is 24.3 Å². The molecule has 5 nitrogen and oxygen atoms in total. The number of rotatable bonds is 7. The van der Waals surface area contributed by atoms with E-state index in [4.69, 9.17) is 5.11 Å². The van der Waals surface area contributed by atoms with Gasteiger partial charge in [0.05, 0.1) is 12.2 Å². The van der Waals surface area contributed by atoms with Gasteiger partial charge in [0.1, 0.15) is 0 Å². The number of sulfonamides is 1. The number of hydrogen-bond donors (Lipinski definition) is 1. The fraction of sp³-hybridized carbons (Fsp3) is 0.417. The second-order valence-electron chi connectivity index (χ2n) is 4.26. The molecular formula is C12H15F2NO4S. The SMILES string of the molecule is CN(CCC(=O)O)S(=O)(=O)Cc1ccc(C(F)F)cc1. The van der Waals surface area contributed by atoms with Gasteiger partial charge in [-0.1, -0.05) is 24.3 Å². The highest BCUT2D eigenvalue weighted by atomic mass is 32.2. The molecule has 1 aromatic rings. The molecule has 0 aromatic heterocycles. The maximum absolute atomic E-state index is 12.4. The van der Waals surface area contributed by atoms with Crippen LogP contribution >= 0.6 is 0 Å². The molecule has 1 rings (SSSR count). The van der Waals surface area contributed by atoms with Crippen molar-refractivity contribution in [2.75, 3.05) is 13.6 Å². The van der Waals surface area contributed by atoms with Crippen molar-refractivity contribution < 1.29 is 27.1 Å². The van der Waals surface area contributed by atoms with E-state index in [1.165, 1.54) is 31.3 Å². The third-order valence-corrected chi connectivity index (χ3v) is 4.53. The molecule has 0 atom stereocenters. The first-order valence-electron chi connectivity index (χ1n) is 5.75. The first kappa shape index (κ1) is 16.5. The molecule has 0 bridgehead atoms. The van der Waals surface area contributed by atoms with E-state index in [1.807, 2.05) is 0 Å². The predicted molar refractivity (Wildman–Crippen MR) is 68.9 cm³/mol. The second kappa shape index (κ2) is 6.76. The van der Waals surface area contributed by atoms with Crippen molar-refractivity contribution in [1.82, 2.24) is 4.31 Å². The number of carbonyl (C=O) groups is 1. The normalized spacial score (nSPS) is 12.1. The van der Waals surface area contributed by atoms with Gasteiger partial charge in [0.15, 0.2) is 0 Å². The van der Waals surface area contributed by atoms with E-state index in [-0.39, 0.29) is 24.3 Å². The summed E-state index contributed by atoms with van der Waals surface area (Å²) in [7, 11) is -2.38. The highest BCUT2D eigenvalue weighted by Crippen LogP contribution is 2.19. The molecule has 8 heteroatoms. The first-order chi connectivity index (χ1) is 9.22. The number of halogens is 2. The van der Waals surface area contributed by atoms with Gasteiger partial charge in [-0.25, -0.2) is 21.5 Å². The molecule has 0 amide bonds. The lowest BCUT2D eigenvalue weighted by atomic mass is 10.2. The van der Waals surface area contributed by atoms with Crippen LogP contribution in [0.2, 0.25) is 0 Å². The van der Waals surface area contributed by atoms with Crippen LogP contribution in [0.5, 0.6) is 0 Å². The standard InChI is InChI=1S/C12H15F2NO4S/c1-15(7-6-11(16)17)20(18,19)8-9-2-4-10(5-3-9)12(13)14/h2-5,12H,6-8H2,1H3,(H,16,17). The van der Waals surface area contributed by atoms with Crippen molar-refractivity contribution in [2.24, 2.45) is 0 Å². The molecular weight excluding hydrogens is 292 g/mol. The average Bonchev–Trinajstić information content (AvgIpc) is 2.35. The molecule has 0 aliphatic rings. The molecule has 0 aliphatic heterocycles. The molecule has 0 radical (unpaired) electrons. The number of aliphatic carboxylic acids is 1. The van der Waals surface area contributed by atoms with Gasteiger partial charge in [-0.05, 0) is 5.56 Å². The Morgan fingerprint density at radius 2 is 1.85 bits per heavy atom. The summed E-state index contributed by atoms with van der Waals surface area (Å²) in [6, 6.07) is 4.99. The smallest absolute Gasteiger partial charge is 0.304 e. The Bertz CT molecular complexity index is 557. The van der Waals surface area contributed by atoms with E-state index in [1.54, 1.807) is 0 Å². The molecule has 0 aliphatic carbocycles. The van der Waals surface area contributed by atoms with Crippen LogP contribution in [0.25, 0.3) is 0 Å². The molecule has 0 saturated heterocycles. The zero-order valence-electron chi connectivity index (χ0n) is 10.8. The molecule has 1 aromatic carbocycles. The zero-order valence-corrected chi connectivity index (χ0v) is 11.6. The van der Waals surface area contributed by atoms with Crippen molar-refractivity contribution in [2.45, 2.75) is 18.6 Å². The van der Waals surface area contributed by atoms with Crippen LogP contribution in [0.3, 0.4) is 0 Å². The maximum Gasteiger partial charge on any atom is 0.304 e. The maximum atomic E-state index is 12.4. The topological polar surface area (TPSA) is 74.7 Å². The van der Waals surface area contributed by atoms with Crippen LogP contribution < -0.4 is 0 Å². The Morgan fingerprint density at radius 3 is 2.30 bits per heavy atom. The fourth-order valence-electron chi connectivity index (χ4n) is 1.47. The third kappa shape index (κ3) is 4.86. The fourth-order valence-corrected chi connectivity index (χ4v) is 2.68. The van der Waals surface area contributed by atoms with Crippen molar-refractivity contribution in [3.05, 3.63) is 35.4 Å². The monoisotopic (exact) mass is 307 g/mol. The molecule has 1 N–H and O–H groups in total. The summed E-state index contributed by atoms with van der Waals surface area (Å²) in [4.78, 5) is 10.4. The van der Waals surface area contributed by atoms with Crippen molar-refractivity contribution >= 4 is 16.0 Å². The average molecular weight is 307 g/mol. The highest BCUT2D eigenvalue weighted by Gasteiger charge is 2.19. The minimum atomic E-state index is -3.66. The minimum Gasteiger partial charge on any atom is -0.481 e. The van der Waals surface area contributed by atoms with Gasteiger partial charge in [-0.2, -0.15) is 0 Å². The number of carboxylic acid groups (broad SMARTS) is 1. The van der Waals surface area contributed by atoms with E-state index in [0.717, 1.165) is 4.31 Å². The van der Waals surface area contributed by atoms with Crippen molar-refractivity contribution in [3.63, 3.8) is 0 Å². The number of carboxylic acids is 1. The van der Waals surface area contributed by atoms with Gasteiger partial charge in [-0.15, -0.1) is 0 Å². The summed E-state index contributed by atoms with van der Waals surface area (Å²) >= 11 is 0. The van der Waals surface area contributed by atoms with Crippen LogP contribution in [0.1, 0.15) is 24.0 Å². The van der Waals surface area contributed by atoms with E-state index in [9.17, 15) is 22.0 Å². The summed E-state index contributed by atoms with van der Waals surface area (Å²) in [6.45, 7) is -0.132. The lowest BCUT2D eigenvalue weighted by Crippen LogP contribution is -2.30. The van der Waals surface area contributed by atoms with Crippen LogP contribution in [0.4, 0.5) is 8.78 Å². The van der Waals surface area contributed by atoms with Crippen LogP contribution in [0, 0.1) is 0 Å². The lowest BCUT2D eigenvalue weighted by Gasteiger charge is -2.16. The highest BCUT2D eigenvalue weighted by molar-refractivity contribution is 7.88. The Kier molecular flexibility index (Phi) is 5.58. The number of benzene rings is 1. The van der Waals surface area contributed by atoms with E-state index in [2.05, 4.69) is 0 Å². The molecule has 0 saturated carbocycles. The molecule has 0 spiro atoms. The predicted octanol–water partition coefficient (Wildman–Crippen LogP) is 1.86. The van der Waals surface area contributed by atoms with Gasteiger partial charge in [0, 0.05) is 19.2 Å². The second-order valence-corrected chi connectivity index (χ2v) is 6.34. The van der Waals surface area contributed by atoms with Gasteiger partial charge in [-0.3, -0.25) is 4.79 Å². The van der Waals surface area contributed by atoms with Gasteiger partial charge in [0.25, 0.3) is 6.43 Å². The summed E-state index contributed by atoms with van der Waals surface area (Å²) < 4.78 is 49.5. The van der Waals surface area contributed by atoms with E-state index in [0.29, 0.717) is 5.56 Å². The minimum absolute atomic E-state index is 0.132. The summed E-state index contributed by atoms with van der Waals surface area (Å²) in [5, 5.41) is 8.51. The van der Waals surface area contributed by atoms with Gasteiger partial charge >= 0.3 is 5.97 Å². The quantitative estimate of drug-likeness (QED) is 0.834. The summed E-state index contributed by atoms with van der Waals surface area (Å²) in [5.74, 6) is -1.44. The molecule has 0 fully saturated rings. The molecule has 0 heterocycles.